The molecule has 1 aliphatic carbocycles. The number of allylic oxidation sites excluding steroid dienone is 1. The summed E-state index contributed by atoms with van der Waals surface area (Å²) in [5, 5.41) is 0. The molecule has 0 saturated carbocycles. The van der Waals surface area contributed by atoms with Crippen molar-refractivity contribution >= 4 is 6.08 Å². The number of aromatic nitrogens is 2. The highest BCUT2D eigenvalue weighted by molar-refractivity contribution is 5.51. The maximum Gasteiger partial charge on any atom is 0.269 e. The van der Waals surface area contributed by atoms with Crippen LogP contribution in [0.2, 0.25) is 0 Å². The Morgan fingerprint density at radius 1 is 1.50 bits per heavy atom. The van der Waals surface area contributed by atoms with Crippen molar-refractivity contribution in [3.8, 4) is 0 Å². The molecule has 0 aliphatic heterocycles. The molecule has 3 heteroatoms. The molecule has 0 saturated heterocycles. The molecule has 14 heavy (non-hydrogen) atoms. The summed E-state index contributed by atoms with van der Waals surface area (Å²) in [5.41, 5.74) is 2.44. The van der Waals surface area contributed by atoms with Crippen molar-refractivity contribution in [1.29, 1.82) is 0 Å². The van der Waals surface area contributed by atoms with E-state index in [2.05, 4.69) is 29.9 Å². The monoisotopic (exact) mass is 190 g/mol. The molecule has 0 radical (unpaired) electrons. The fraction of sp³-hybridized carbons (Fsp3) is 0.455. The van der Waals surface area contributed by atoms with E-state index in [1.165, 1.54) is 0 Å². The highest BCUT2D eigenvalue weighted by atomic mass is 16.1. The van der Waals surface area contributed by atoms with E-state index in [4.69, 9.17) is 0 Å². The molecule has 0 amide bonds. The molecule has 0 aromatic carbocycles. The third-order valence-corrected chi connectivity index (χ3v) is 2.52. The summed E-state index contributed by atoms with van der Waals surface area (Å²) in [6, 6.07) is 0. The van der Waals surface area contributed by atoms with Crippen molar-refractivity contribution in [2.24, 2.45) is 5.41 Å². The molecule has 74 valence electrons. The van der Waals surface area contributed by atoms with Crippen LogP contribution >= 0.6 is 0 Å². The van der Waals surface area contributed by atoms with Gasteiger partial charge in [-0.2, -0.15) is 0 Å². The first-order chi connectivity index (χ1) is 6.48. The molecule has 0 atom stereocenters. The molecule has 1 aromatic rings. The van der Waals surface area contributed by atoms with E-state index in [1.54, 1.807) is 6.92 Å². The molecule has 2 rings (SSSR count). The number of hydrogen-bond donors (Lipinski definition) is 1. The van der Waals surface area contributed by atoms with Gasteiger partial charge in [-0.1, -0.05) is 19.9 Å². The maximum absolute atomic E-state index is 11.4. The lowest BCUT2D eigenvalue weighted by atomic mass is 9.83. The number of rotatable bonds is 0. The van der Waals surface area contributed by atoms with Crippen LogP contribution in [0.4, 0.5) is 0 Å². The lowest BCUT2D eigenvalue weighted by molar-refractivity contribution is 0.465. The van der Waals surface area contributed by atoms with Gasteiger partial charge in [-0.25, -0.2) is 4.98 Å². The van der Waals surface area contributed by atoms with Crippen LogP contribution in [0, 0.1) is 12.3 Å². The van der Waals surface area contributed by atoms with Crippen LogP contribution in [0.15, 0.2) is 10.9 Å². The smallest absolute Gasteiger partial charge is 0.269 e. The predicted molar refractivity (Wildman–Crippen MR) is 56.1 cm³/mol. The van der Waals surface area contributed by atoms with Crippen molar-refractivity contribution < 1.29 is 0 Å². The van der Waals surface area contributed by atoms with Gasteiger partial charge in [0.1, 0.15) is 5.69 Å². The summed E-state index contributed by atoms with van der Waals surface area (Å²) in [6.07, 6.45) is 4.98. The number of hydrogen-bond acceptors (Lipinski definition) is 2. The average Bonchev–Trinajstić information content (AvgIpc) is 2.07. The van der Waals surface area contributed by atoms with Crippen molar-refractivity contribution in [2.75, 3.05) is 0 Å². The molecule has 0 fully saturated rings. The molecule has 1 aliphatic rings. The number of nitrogens with zero attached hydrogens (tertiary/aromatic N) is 1. The fourth-order valence-corrected chi connectivity index (χ4v) is 1.68. The molecule has 0 spiro atoms. The highest BCUT2D eigenvalue weighted by Gasteiger charge is 2.22. The van der Waals surface area contributed by atoms with E-state index in [-0.39, 0.29) is 11.0 Å². The Labute approximate surface area is 82.9 Å². The zero-order valence-electron chi connectivity index (χ0n) is 8.72. The summed E-state index contributed by atoms with van der Waals surface area (Å²) in [6.45, 7) is 6.02. The van der Waals surface area contributed by atoms with E-state index >= 15 is 0 Å². The third kappa shape index (κ3) is 1.50. The van der Waals surface area contributed by atoms with E-state index in [0.29, 0.717) is 5.69 Å². The second-order valence-electron chi connectivity index (χ2n) is 4.51. The average molecular weight is 190 g/mol. The summed E-state index contributed by atoms with van der Waals surface area (Å²) < 4.78 is 0. The molecule has 0 unspecified atom stereocenters. The van der Waals surface area contributed by atoms with Gasteiger partial charge in [-0.05, 0) is 24.8 Å². The van der Waals surface area contributed by atoms with Crippen molar-refractivity contribution in [2.45, 2.75) is 27.2 Å². The Balaban J connectivity index is 2.58. The second-order valence-corrected chi connectivity index (χ2v) is 4.51. The van der Waals surface area contributed by atoms with Crippen molar-refractivity contribution in [1.82, 2.24) is 9.97 Å². The van der Waals surface area contributed by atoms with Crippen LogP contribution in [0.1, 0.15) is 30.9 Å². The summed E-state index contributed by atoms with van der Waals surface area (Å²) in [4.78, 5) is 18.5. The minimum absolute atomic E-state index is 0.0742. The number of H-pyrrole nitrogens is 1. The zero-order chi connectivity index (χ0) is 10.3. The van der Waals surface area contributed by atoms with Gasteiger partial charge in [-0.3, -0.25) is 4.79 Å². The Morgan fingerprint density at radius 2 is 2.21 bits per heavy atom. The van der Waals surface area contributed by atoms with E-state index in [1.807, 2.05) is 6.08 Å². The second kappa shape index (κ2) is 2.80. The fourth-order valence-electron chi connectivity index (χ4n) is 1.68. The number of aryl methyl sites for hydroxylation is 1. The lowest BCUT2D eigenvalue weighted by Gasteiger charge is -2.24. The molecular formula is C11H14N2O. The van der Waals surface area contributed by atoms with Crippen LogP contribution in [0.25, 0.3) is 6.08 Å². The minimum Gasteiger partial charge on any atom is -0.323 e. The first-order valence-electron chi connectivity index (χ1n) is 4.77. The van der Waals surface area contributed by atoms with Gasteiger partial charge >= 0.3 is 0 Å². The van der Waals surface area contributed by atoms with Gasteiger partial charge in [0.05, 0.1) is 5.69 Å². The van der Waals surface area contributed by atoms with Crippen LogP contribution < -0.4 is 5.56 Å². The Hall–Kier alpha value is -1.38. The molecular weight excluding hydrogens is 176 g/mol. The van der Waals surface area contributed by atoms with Gasteiger partial charge in [0.15, 0.2) is 0 Å². The van der Waals surface area contributed by atoms with Crippen LogP contribution in [-0.2, 0) is 6.42 Å². The van der Waals surface area contributed by atoms with Gasteiger partial charge in [0.2, 0.25) is 0 Å². The number of aromatic amines is 1. The number of nitrogens with one attached hydrogen (secondary N) is 1. The standard InChI is InChI=1S/C11H14N2O/c1-7-10(14)13-9-6-11(2,3)5-4-8(9)12-7/h4-5H,6H2,1-3H3,(H,13,14). The molecule has 1 aromatic heterocycles. The largest absolute Gasteiger partial charge is 0.323 e. The first kappa shape index (κ1) is 9.19. The summed E-state index contributed by atoms with van der Waals surface area (Å²) in [5.74, 6) is 0. The molecule has 3 nitrogen and oxygen atoms in total. The highest BCUT2D eigenvalue weighted by Crippen LogP contribution is 2.28. The molecule has 1 N–H and O–H groups in total. The first-order valence-corrected chi connectivity index (χ1v) is 4.77. The summed E-state index contributed by atoms with van der Waals surface area (Å²) in [7, 11) is 0. The molecule has 1 heterocycles. The van der Waals surface area contributed by atoms with Crippen LogP contribution in [0.3, 0.4) is 0 Å². The van der Waals surface area contributed by atoms with Gasteiger partial charge in [0, 0.05) is 5.69 Å². The SMILES string of the molecule is Cc1nc2c([nH]c1=O)CC(C)(C)C=C2. The number of fused-ring (bicyclic) bond motifs is 1. The van der Waals surface area contributed by atoms with Gasteiger partial charge < -0.3 is 4.98 Å². The van der Waals surface area contributed by atoms with Crippen LogP contribution in [0.5, 0.6) is 0 Å². The van der Waals surface area contributed by atoms with E-state index < -0.39 is 0 Å². The predicted octanol–water partition coefficient (Wildman–Crippen LogP) is 1.67. The quantitative estimate of drug-likeness (QED) is 0.676. The molecule has 0 bridgehead atoms. The lowest BCUT2D eigenvalue weighted by Crippen LogP contribution is -2.23. The topological polar surface area (TPSA) is 45.8 Å². The third-order valence-electron chi connectivity index (χ3n) is 2.52. The van der Waals surface area contributed by atoms with Crippen LogP contribution in [-0.4, -0.2) is 9.97 Å². The Bertz CT molecular complexity index is 455. The van der Waals surface area contributed by atoms with Gasteiger partial charge in [0.25, 0.3) is 5.56 Å². The van der Waals surface area contributed by atoms with Gasteiger partial charge in [-0.15, -0.1) is 0 Å². The normalized spacial score (nSPS) is 17.9. The Kier molecular flexibility index (Phi) is 1.84. The van der Waals surface area contributed by atoms with E-state index in [0.717, 1.165) is 17.8 Å². The minimum atomic E-state index is -0.0742. The van der Waals surface area contributed by atoms with Crippen molar-refractivity contribution in [3.63, 3.8) is 0 Å². The Morgan fingerprint density at radius 3 is 2.93 bits per heavy atom. The van der Waals surface area contributed by atoms with Crippen molar-refractivity contribution in [3.05, 3.63) is 33.5 Å². The maximum atomic E-state index is 11.4. The summed E-state index contributed by atoms with van der Waals surface area (Å²) >= 11 is 0. The van der Waals surface area contributed by atoms with E-state index in [9.17, 15) is 4.79 Å². The zero-order valence-corrected chi connectivity index (χ0v) is 8.72.